The molecule has 1 aliphatic heterocycles. The highest BCUT2D eigenvalue weighted by molar-refractivity contribution is 5.89. The Balaban J connectivity index is 2.05. The van der Waals surface area contributed by atoms with Crippen LogP contribution in [0.5, 0.6) is 0 Å². The Labute approximate surface area is 106 Å². The maximum Gasteiger partial charge on any atom is 0.221 e. The predicted octanol–water partition coefficient (Wildman–Crippen LogP) is 2.38. The molecule has 4 nitrogen and oxygen atoms in total. The second kappa shape index (κ2) is 5.82. The second-order valence-electron chi connectivity index (χ2n) is 4.43. The molecule has 1 fully saturated rings. The van der Waals surface area contributed by atoms with Crippen molar-refractivity contribution in [2.45, 2.75) is 25.8 Å². The van der Waals surface area contributed by atoms with Crippen molar-refractivity contribution < 1.29 is 13.9 Å². The molecule has 18 heavy (non-hydrogen) atoms. The fourth-order valence-electron chi connectivity index (χ4n) is 1.99. The van der Waals surface area contributed by atoms with Gasteiger partial charge in [-0.05, 0) is 31.0 Å². The molecular weight excluding hydrogens is 235 g/mol. The van der Waals surface area contributed by atoms with Crippen LogP contribution in [0.15, 0.2) is 18.2 Å². The predicted molar refractivity (Wildman–Crippen MR) is 68.2 cm³/mol. The van der Waals surface area contributed by atoms with Crippen LogP contribution < -0.4 is 10.6 Å². The lowest BCUT2D eigenvalue weighted by Gasteiger charge is -2.24. The molecule has 2 rings (SSSR count). The highest BCUT2D eigenvalue weighted by atomic mass is 19.1. The molecule has 1 atom stereocenters. The number of nitrogens with one attached hydrogen (secondary N) is 2. The van der Waals surface area contributed by atoms with Gasteiger partial charge in [0.2, 0.25) is 5.91 Å². The zero-order valence-electron chi connectivity index (χ0n) is 10.3. The minimum Gasteiger partial charge on any atom is -0.380 e. The van der Waals surface area contributed by atoms with Crippen molar-refractivity contribution >= 4 is 17.3 Å². The number of carbonyl (C=O) groups is 1. The molecule has 0 aliphatic carbocycles. The summed E-state index contributed by atoms with van der Waals surface area (Å²) >= 11 is 0. The normalized spacial score (nSPS) is 19.3. The first-order valence-electron chi connectivity index (χ1n) is 6.06. The Hall–Kier alpha value is -1.62. The molecule has 0 radical (unpaired) electrons. The van der Waals surface area contributed by atoms with Gasteiger partial charge in [-0.2, -0.15) is 0 Å². The Morgan fingerprint density at radius 3 is 3.00 bits per heavy atom. The van der Waals surface area contributed by atoms with E-state index in [9.17, 15) is 9.18 Å². The minimum atomic E-state index is -0.435. The van der Waals surface area contributed by atoms with Gasteiger partial charge in [0.1, 0.15) is 5.82 Å². The van der Waals surface area contributed by atoms with E-state index in [1.165, 1.54) is 13.0 Å². The third-order valence-electron chi connectivity index (χ3n) is 2.81. The van der Waals surface area contributed by atoms with E-state index in [0.717, 1.165) is 25.1 Å². The Morgan fingerprint density at radius 1 is 1.50 bits per heavy atom. The molecule has 1 saturated heterocycles. The highest BCUT2D eigenvalue weighted by Crippen LogP contribution is 2.21. The van der Waals surface area contributed by atoms with Crippen molar-refractivity contribution in [3.05, 3.63) is 24.0 Å². The Kier molecular flexibility index (Phi) is 4.15. The van der Waals surface area contributed by atoms with Crippen LogP contribution in [0.25, 0.3) is 0 Å². The lowest BCUT2D eigenvalue weighted by Crippen LogP contribution is -2.29. The molecule has 2 N–H and O–H groups in total. The van der Waals surface area contributed by atoms with Crippen molar-refractivity contribution in [3.8, 4) is 0 Å². The van der Waals surface area contributed by atoms with Crippen molar-refractivity contribution in [1.82, 2.24) is 0 Å². The van der Waals surface area contributed by atoms with Crippen LogP contribution >= 0.6 is 0 Å². The van der Waals surface area contributed by atoms with E-state index in [4.69, 9.17) is 4.74 Å². The van der Waals surface area contributed by atoms with Gasteiger partial charge in [-0.1, -0.05) is 0 Å². The molecule has 1 aliphatic rings. The molecule has 1 aromatic rings. The zero-order chi connectivity index (χ0) is 13.0. The summed E-state index contributed by atoms with van der Waals surface area (Å²) in [5.41, 5.74) is 0.986. The van der Waals surface area contributed by atoms with Gasteiger partial charge in [0.15, 0.2) is 0 Å². The summed E-state index contributed by atoms with van der Waals surface area (Å²) in [5.74, 6) is -0.720. The standard InChI is InChI=1S/C13H17FN2O2/c1-9(17)15-13-7-10(4-5-12(13)14)16-11-3-2-6-18-8-11/h4-5,7,11,16H,2-3,6,8H2,1H3,(H,15,17). The number of rotatable bonds is 3. The summed E-state index contributed by atoms with van der Waals surface area (Å²) in [5, 5.41) is 5.74. The number of carbonyl (C=O) groups excluding carboxylic acids is 1. The van der Waals surface area contributed by atoms with Gasteiger partial charge < -0.3 is 15.4 Å². The smallest absolute Gasteiger partial charge is 0.221 e. The lowest BCUT2D eigenvalue weighted by atomic mass is 10.1. The first kappa shape index (κ1) is 12.8. The Bertz CT molecular complexity index is 431. The maximum atomic E-state index is 13.4. The fourth-order valence-corrected chi connectivity index (χ4v) is 1.99. The molecule has 98 valence electrons. The third kappa shape index (κ3) is 3.43. The number of hydrogen-bond donors (Lipinski definition) is 2. The van der Waals surface area contributed by atoms with Gasteiger partial charge in [-0.15, -0.1) is 0 Å². The summed E-state index contributed by atoms with van der Waals surface area (Å²) in [7, 11) is 0. The average Bonchev–Trinajstić information content (AvgIpc) is 2.34. The van der Waals surface area contributed by atoms with Gasteiger partial charge in [0.05, 0.1) is 12.3 Å². The summed E-state index contributed by atoms with van der Waals surface area (Å²) in [6.45, 7) is 2.82. The van der Waals surface area contributed by atoms with Crippen LogP contribution in [0.4, 0.5) is 15.8 Å². The van der Waals surface area contributed by atoms with Crippen LogP contribution in [-0.4, -0.2) is 25.2 Å². The van der Waals surface area contributed by atoms with Gasteiger partial charge in [-0.3, -0.25) is 4.79 Å². The second-order valence-corrected chi connectivity index (χ2v) is 4.43. The van der Waals surface area contributed by atoms with E-state index in [0.29, 0.717) is 6.61 Å². The van der Waals surface area contributed by atoms with Crippen molar-refractivity contribution in [3.63, 3.8) is 0 Å². The van der Waals surface area contributed by atoms with E-state index in [1.54, 1.807) is 12.1 Å². The monoisotopic (exact) mass is 252 g/mol. The van der Waals surface area contributed by atoms with Gasteiger partial charge in [-0.25, -0.2) is 4.39 Å². The van der Waals surface area contributed by atoms with Gasteiger partial charge in [0.25, 0.3) is 0 Å². The van der Waals surface area contributed by atoms with E-state index in [-0.39, 0.29) is 17.6 Å². The molecule has 0 bridgehead atoms. The van der Waals surface area contributed by atoms with Crippen molar-refractivity contribution in [1.29, 1.82) is 0 Å². The van der Waals surface area contributed by atoms with E-state index in [1.807, 2.05) is 0 Å². The molecule has 1 aromatic carbocycles. The summed E-state index contributed by atoms with van der Waals surface area (Å²) in [6, 6.07) is 4.85. The molecule has 0 spiro atoms. The first-order chi connectivity index (χ1) is 8.65. The zero-order valence-corrected chi connectivity index (χ0v) is 10.3. The lowest BCUT2D eigenvalue weighted by molar-refractivity contribution is -0.114. The first-order valence-corrected chi connectivity index (χ1v) is 6.06. The van der Waals surface area contributed by atoms with Crippen LogP contribution in [-0.2, 0) is 9.53 Å². The van der Waals surface area contributed by atoms with Crippen LogP contribution in [0.2, 0.25) is 0 Å². The Morgan fingerprint density at radius 2 is 2.33 bits per heavy atom. The fraction of sp³-hybridized carbons (Fsp3) is 0.462. The average molecular weight is 252 g/mol. The van der Waals surface area contributed by atoms with E-state index >= 15 is 0 Å². The number of benzene rings is 1. The van der Waals surface area contributed by atoms with E-state index < -0.39 is 5.82 Å². The van der Waals surface area contributed by atoms with Crippen LogP contribution in [0, 0.1) is 5.82 Å². The number of ether oxygens (including phenoxy) is 1. The molecular formula is C13H17FN2O2. The summed E-state index contributed by atoms with van der Waals surface area (Å²) in [6.07, 6.45) is 2.06. The van der Waals surface area contributed by atoms with Crippen molar-refractivity contribution in [2.75, 3.05) is 23.8 Å². The third-order valence-corrected chi connectivity index (χ3v) is 2.81. The van der Waals surface area contributed by atoms with E-state index in [2.05, 4.69) is 10.6 Å². The number of halogens is 1. The molecule has 0 saturated carbocycles. The SMILES string of the molecule is CC(=O)Nc1cc(NC2CCCOC2)ccc1F. The van der Waals surface area contributed by atoms with Crippen molar-refractivity contribution in [2.24, 2.45) is 0 Å². The molecule has 1 unspecified atom stereocenters. The summed E-state index contributed by atoms with van der Waals surface area (Å²) in [4.78, 5) is 10.9. The van der Waals surface area contributed by atoms with Gasteiger partial charge in [0, 0.05) is 25.3 Å². The summed E-state index contributed by atoms with van der Waals surface area (Å²) < 4.78 is 18.8. The number of amides is 1. The van der Waals surface area contributed by atoms with Crippen LogP contribution in [0.1, 0.15) is 19.8 Å². The number of anilines is 2. The molecule has 5 heteroatoms. The number of hydrogen-bond acceptors (Lipinski definition) is 3. The maximum absolute atomic E-state index is 13.4. The van der Waals surface area contributed by atoms with Gasteiger partial charge >= 0.3 is 0 Å². The highest BCUT2D eigenvalue weighted by Gasteiger charge is 2.14. The quantitative estimate of drug-likeness (QED) is 0.868. The molecule has 1 amide bonds. The minimum absolute atomic E-state index is 0.198. The molecule has 0 aromatic heterocycles. The largest absolute Gasteiger partial charge is 0.380 e. The molecule has 1 heterocycles. The topological polar surface area (TPSA) is 50.4 Å². The van der Waals surface area contributed by atoms with Crippen LogP contribution in [0.3, 0.4) is 0 Å².